The van der Waals surface area contributed by atoms with Gasteiger partial charge in [-0.05, 0) is 58.3 Å². The van der Waals surface area contributed by atoms with Crippen LogP contribution in [0.25, 0.3) is 0 Å². The number of hydrogen-bond donors (Lipinski definition) is 2. The van der Waals surface area contributed by atoms with Crippen molar-refractivity contribution in [1.82, 2.24) is 20.4 Å². The molecule has 2 saturated carbocycles. The number of nitrogens with one attached hydrogen (secondary N) is 2. The summed E-state index contributed by atoms with van der Waals surface area (Å²) in [6.07, 6.45) is 5.67. The Labute approximate surface area is 174 Å². The molecular weight excluding hydrogens is 370 g/mol. The van der Waals surface area contributed by atoms with Gasteiger partial charge in [-0.15, -0.1) is 0 Å². The van der Waals surface area contributed by atoms with Gasteiger partial charge in [0.1, 0.15) is 12.1 Å². The molecule has 0 spiro atoms. The number of aliphatic imine (C=N–C) groups is 1. The van der Waals surface area contributed by atoms with Gasteiger partial charge in [-0.25, -0.2) is 9.79 Å². The molecule has 2 bridgehead atoms. The van der Waals surface area contributed by atoms with Crippen molar-refractivity contribution in [3.8, 4) is 0 Å². The second-order valence-electron chi connectivity index (χ2n) is 9.93. The van der Waals surface area contributed by atoms with Gasteiger partial charge in [0, 0.05) is 39.3 Å². The maximum atomic E-state index is 12.3. The van der Waals surface area contributed by atoms with E-state index in [1.165, 1.54) is 25.7 Å². The molecule has 8 nitrogen and oxygen atoms in total. The number of fused-ring (bicyclic) bond motifs is 2. The molecule has 0 aromatic carbocycles. The summed E-state index contributed by atoms with van der Waals surface area (Å²) in [7, 11) is 3.48. The minimum Gasteiger partial charge on any atom is -0.444 e. The van der Waals surface area contributed by atoms with Crippen molar-refractivity contribution in [2.45, 2.75) is 70.6 Å². The van der Waals surface area contributed by atoms with Gasteiger partial charge in [0.25, 0.3) is 0 Å². The molecular formula is C21H37N5O3. The summed E-state index contributed by atoms with van der Waals surface area (Å²) in [6.45, 7) is 6.98. The normalized spacial score (nSPS) is 29.1. The van der Waals surface area contributed by atoms with Crippen LogP contribution in [-0.2, 0) is 9.53 Å². The number of amides is 2. The predicted molar refractivity (Wildman–Crippen MR) is 113 cm³/mol. The van der Waals surface area contributed by atoms with E-state index in [1.54, 1.807) is 23.9 Å². The molecule has 4 atom stereocenters. The monoisotopic (exact) mass is 407 g/mol. The molecule has 2 amide bonds. The first-order chi connectivity index (χ1) is 13.6. The van der Waals surface area contributed by atoms with Crippen LogP contribution in [0.4, 0.5) is 4.79 Å². The average Bonchev–Trinajstić information content (AvgIpc) is 3.34. The molecule has 1 aliphatic heterocycles. The van der Waals surface area contributed by atoms with E-state index in [1.807, 2.05) is 20.8 Å². The summed E-state index contributed by atoms with van der Waals surface area (Å²) in [4.78, 5) is 32.2. The molecule has 0 radical (unpaired) electrons. The third kappa shape index (κ3) is 6.00. The standard InChI is InChI=1S/C21H37N5O3/c1-21(2,3)29-20(28)26-9-8-16(13-26)23-19(22-12-18(27)25(4)5)24-17-11-14-6-7-15(17)10-14/h14-17H,6-13H2,1-5H3,(H2,22,23,24). The van der Waals surface area contributed by atoms with Crippen LogP contribution >= 0.6 is 0 Å². The van der Waals surface area contributed by atoms with Crippen molar-refractivity contribution < 1.29 is 14.3 Å². The Morgan fingerprint density at radius 2 is 1.90 bits per heavy atom. The molecule has 0 aromatic heterocycles. The van der Waals surface area contributed by atoms with Crippen LogP contribution in [0.2, 0.25) is 0 Å². The molecule has 3 aliphatic rings. The lowest BCUT2D eigenvalue weighted by Crippen LogP contribution is -2.50. The van der Waals surface area contributed by atoms with Gasteiger partial charge in [-0.3, -0.25) is 4.79 Å². The second-order valence-corrected chi connectivity index (χ2v) is 9.93. The lowest BCUT2D eigenvalue weighted by atomic mass is 9.95. The Morgan fingerprint density at radius 3 is 2.48 bits per heavy atom. The zero-order valence-electron chi connectivity index (χ0n) is 18.5. The average molecular weight is 408 g/mol. The van der Waals surface area contributed by atoms with E-state index < -0.39 is 5.60 Å². The van der Waals surface area contributed by atoms with Crippen LogP contribution in [0.1, 0.15) is 52.9 Å². The zero-order valence-corrected chi connectivity index (χ0v) is 18.5. The summed E-state index contributed by atoms with van der Waals surface area (Å²) < 4.78 is 5.48. The number of rotatable bonds is 4. The first-order valence-corrected chi connectivity index (χ1v) is 10.9. The molecule has 1 saturated heterocycles. The van der Waals surface area contributed by atoms with Crippen LogP contribution in [0.5, 0.6) is 0 Å². The summed E-state index contributed by atoms with van der Waals surface area (Å²) in [5.41, 5.74) is -0.495. The molecule has 164 valence electrons. The molecule has 8 heteroatoms. The lowest BCUT2D eigenvalue weighted by Gasteiger charge is -2.27. The van der Waals surface area contributed by atoms with Gasteiger partial charge in [0.15, 0.2) is 5.96 Å². The second kappa shape index (κ2) is 8.79. The van der Waals surface area contributed by atoms with Crippen molar-refractivity contribution in [3.05, 3.63) is 0 Å². The molecule has 2 N–H and O–H groups in total. The number of nitrogens with zero attached hydrogens (tertiary/aromatic N) is 3. The third-order valence-corrected chi connectivity index (χ3v) is 6.11. The van der Waals surface area contributed by atoms with E-state index in [2.05, 4.69) is 15.6 Å². The van der Waals surface area contributed by atoms with Gasteiger partial charge in [-0.2, -0.15) is 0 Å². The molecule has 2 aliphatic carbocycles. The van der Waals surface area contributed by atoms with Crippen LogP contribution in [0, 0.1) is 11.8 Å². The highest BCUT2D eigenvalue weighted by Gasteiger charge is 2.40. The van der Waals surface area contributed by atoms with Gasteiger partial charge >= 0.3 is 6.09 Å². The number of ether oxygens (including phenoxy) is 1. The molecule has 0 aromatic rings. The minimum atomic E-state index is -0.495. The predicted octanol–water partition coefficient (Wildman–Crippen LogP) is 1.81. The Bertz CT molecular complexity index is 643. The number of carbonyl (C=O) groups is 2. The van der Waals surface area contributed by atoms with E-state index in [-0.39, 0.29) is 24.6 Å². The van der Waals surface area contributed by atoms with Crippen LogP contribution in [0.3, 0.4) is 0 Å². The number of likely N-dealkylation sites (tertiary alicyclic amines) is 1. The number of carbonyl (C=O) groups excluding carboxylic acids is 2. The fraction of sp³-hybridized carbons (Fsp3) is 0.857. The SMILES string of the molecule is CN(C)C(=O)CN=C(NC1CCN(C(=O)OC(C)(C)C)C1)NC1CC2CCC1C2. The van der Waals surface area contributed by atoms with Gasteiger partial charge in [0.2, 0.25) is 5.91 Å². The summed E-state index contributed by atoms with van der Waals surface area (Å²) in [6, 6.07) is 0.527. The fourth-order valence-corrected chi connectivity index (χ4v) is 4.58. The quantitative estimate of drug-likeness (QED) is 0.548. The number of hydrogen-bond acceptors (Lipinski definition) is 4. The Morgan fingerprint density at radius 1 is 1.14 bits per heavy atom. The fourth-order valence-electron chi connectivity index (χ4n) is 4.58. The van der Waals surface area contributed by atoms with Crippen LogP contribution < -0.4 is 10.6 Å². The van der Waals surface area contributed by atoms with E-state index in [0.717, 1.165) is 12.3 Å². The molecule has 3 fully saturated rings. The smallest absolute Gasteiger partial charge is 0.410 e. The van der Waals surface area contributed by atoms with Crippen LogP contribution in [-0.4, -0.2) is 79.2 Å². The highest BCUT2D eigenvalue weighted by molar-refractivity contribution is 5.85. The topological polar surface area (TPSA) is 86.3 Å². The maximum Gasteiger partial charge on any atom is 0.410 e. The number of guanidine groups is 1. The summed E-state index contributed by atoms with van der Waals surface area (Å²) in [5, 5.41) is 7.05. The summed E-state index contributed by atoms with van der Waals surface area (Å²) >= 11 is 0. The van der Waals surface area contributed by atoms with Gasteiger partial charge < -0.3 is 25.2 Å². The minimum absolute atomic E-state index is 0.0270. The zero-order chi connectivity index (χ0) is 21.2. The van der Waals surface area contributed by atoms with Crippen molar-refractivity contribution in [2.75, 3.05) is 33.7 Å². The highest BCUT2D eigenvalue weighted by Crippen LogP contribution is 2.44. The molecule has 29 heavy (non-hydrogen) atoms. The van der Waals surface area contributed by atoms with Crippen molar-refractivity contribution in [2.24, 2.45) is 16.8 Å². The van der Waals surface area contributed by atoms with Gasteiger partial charge in [0.05, 0.1) is 0 Å². The molecule has 1 heterocycles. The van der Waals surface area contributed by atoms with Crippen LogP contribution in [0.15, 0.2) is 4.99 Å². The Kier molecular flexibility index (Phi) is 6.58. The van der Waals surface area contributed by atoms with E-state index in [4.69, 9.17) is 4.74 Å². The van der Waals surface area contributed by atoms with Crippen molar-refractivity contribution in [1.29, 1.82) is 0 Å². The first kappa shape index (κ1) is 21.7. The number of likely N-dealkylation sites (N-methyl/N-ethyl adjacent to an activating group) is 1. The first-order valence-electron chi connectivity index (χ1n) is 10.9. The Hall–Kier alpha value is -1.99. The molecule has 3 rings (SSSR count). The van der Waals surface area contributed by atoms with E-state index >= 15 is 0 Å². The third-order valence-electron chi connectivity index (χ3n) is 6.11. The van der Waals surface area contributed by atoms with Crippen molar-refractivity contribution in [3.63, 3.8) is 0 Å². The van der Waals surface area contributed by atoms with Crippen molar-refractivity contribution >= 4 is 18.0 Å². The maximum absolute atomic E-state index is 12.3. The highest BCUT2D eigenvalue weighted by atomic mass is 16.6. The Balaban J connectivity index is 1.58. The largest absolute Gasteiger partial charge is 0.444 e. The van der Waals surface area contributed by atoms with E-state index in [0.29, 0.717) is 31.0 Å². The molecule has 4 unspecified atom stereocenters. The lowest BCUT2D eigenvalue weighted by molar-refractivity contribution is -0.127. The van der Waals surface area contributed by atoms with Gasteiger partial charge in [-0.1, -0.05) is 6.42 Å². The summed E-state index contributed by atoms with van der Waals surface area (Å²) in [5.74, 6) is 2.20. The van der Waals surface area contributed by atoms with E-state index in [9.17, 15) is 9.59 Å².